The second-order valence-corrected chi connectivity index (χ2v) is 9.44. The fourth-order valence-corrected chi connectivity index (χ4v) is 5.27. The van der Waals surface area contributed by atoms with E-state index >= 15 is 0 Å². The van der Waals surface area contributed by atoms with Crippen LogP contribution in [0, 0.1) is 0 Å². The van der Waals surface area contributed by atoms with Crippen molar-refractivity contribution in [2.45, 2.75) is 24.2 Å². The molecule has 2 aliphatic heterocycles. The van der Waals surface area contributed by atoms with E-state index in [1.165, 1.54) is 34.6 Å². The van der Waals surface area contributed by atoms with Crippen LogP contribution in [0.5, 0.6) is 11.5 Å². The molecule has 0 saturated carbocycles. The zero-order chi connectivity index (χ0) is 21.3. The predicted octanol–water partition coefficient (Wildman–Crippen LogP) is 4.02. The molecule has 3 aromatic carbocycles. The third-order valence-electron chi connectivity index (χ3n) is 5.73. The lowest BCUT2D eigenvalue weighted by Gasteiger charge is -2.27. The number of nitrogens with one attached hydrogen (secondary N) is 1. The van der Waals surface area contributed by atoms with Crippen molar-refractivity contribution in [3.63, 3.8) is 0 Å². The maximum Gasteiger partial charge on any atom is 0.240 e. The third kappa shape index (κ3) is 3.98. The first-order valence-corrected chi connectivity index (χ1v) is 11.9. The van der Waals surface area contributed by atoms with Crippen molar-refractivity contribution in [1.29, 1.82) is 0 Å². The van der Waals surface area contributed by atoms with Gasteiger partial charge in [0.25, 0.3) is 0 Å². The van der Waals surface area contributed by atoms with Gasteiger partial charge in [0.05, 0.1) is 4.90 Å². The maximum absolute atomic E-state index is 12.7. The lowest BCUT2D eigenvalue weighted by atomic mass is 10.0. The van der Waals surface area contributed by atoms with Gasteiger partial charge in [0.1, 0.15) is 0 Å². The lowest BCUT2D eigenvalue weighted by molar-refractivity contribution is 0.174. The Labute approximate surface area is 182 Å². The highest BCUT2D eigenvalue weighted by Crippen LogP contribution is 2.36. The van der Waals surface area contributed by atoms with Gasteiger partial charge in [-0.25, -0.2) is 13.1 Å². The summed E-state index contributed by atoms with van der Waals surface area (Å²) in [6.45, 7) is 1.18. The van der Waals surface area contributed by atoms with Gasteiger partial charge in [-0.1, -0.05) is 36.4 Å². The van der Waals surface area contributed by atoms with Crippen molar-refractivity contribution in [3.05, 3.63) is 77.9 Å². The molecule has 2 heterocycles. The quantitative estimate of drug-likeness (QED) is 0.591. The van der Waals surface area contributed by atoms with E-state index < -0.39 is 10.0 Å². The maximum atomic E-state index is 12.7. The summed E-state index contributed by atoms with van der Waals surface area (Å²) in [5.74, 6) is 1.03. The van der Waals surface area contributed by atoms with Gasteiger partial charge in [-0.2, -0.15) is 0 Å². The molecule has 0 bridgehead atoms. The minimum absolute atomic E-state index is 0.116. The van der Waals surface area contributed by atoms with E-state index in [9.17, 15) is 8.42 Å². The molecule has 0 aliphatic carbocycles. The van der Waals surface area contributed by atoms with Crippen LogP contribution in [0.15, 0.2) is 71.6 Å². The third-order valence-corrected chi connectivity index (χ3v) is 7.19. The molecule has 2 aliphatic rings. The predicted molar refractivity (Wildman–Crippen MR) is 120 cm³/mol. The first-order chi connectivity index (χ1) is 15.1. The van der Waals surface area contributed by atoms with Crippen LogP contribution in [0.4, 0.5) is 11.4 Å². The van der Waals surface area contributed by atoms with E-state index in [0.717, 1.165) is 19.4 Å². The molecular formula is C24H24N2O4S. The molecule has 0 radical (unpaired) electrons. The number of ether oxygens (including phenoxy) is 2. The van der Waals surface area contributed by atoms with Crippen molar-refractivity contribution in [1.82, 2.24) is 4.72 Å². The number of benzene rings is 3. The number of anilines is 2. The Balaban J connectivity index is 1.29. The first kappa shape index (κ1) is 19.9. The Kier molecular flexibility index (Phi) is 5.29. The number of fused-ring (bicyclic) bond motifs is 3. The molecule has 0 aromatic heterocycles. The number of para-hydroxylation sites is 2. The summed E-state index contributed by atoms with van der Waals surface area (Å²) in [5.41, 5.74) is 5.04. The standard InChI is InChI=1S/C24H24N2O4S/c27-31(28,20-12-13-23-24(16-20)30-17-29-23)25-14-5-15-26-21-8-3-1-6-18(21)10-11-19-7-2-4-9-22(19)26/h1-4,6-9,12-13,16,25H,5,10-11,14-15,17H2. The average Bonchev–Trinajstić information content (AvgIpc) is 3.20. The Morgan fingerprint density at radius 1 is 0.839 bits per heavy atom. The average molecular weight is 437 g/mol. The summed E-state index contributed by atoms with van der Waals surface area (Å²) >= 11 is 0. The van der Waals surface area contributed by atoms with Gasteiger partial charge in [-0.15, -0.1) is 0 Å². The van der Waals surface area contributed by atoms with E-state index in [4.69, 9.17) is 9.47 Å². The number of nitrogens with zero attached hydrogens (tertiary/aromatic N) is 1. The van der Waals surface area contributed by atoms with E-state index in [-0.39, 0.29) is 11.7 Å². The summed E-state index contributed by atoms with van der Waals surface area (Å²) < 4.78 is 38.7. The molecule has 0 unspecified atom stereocenters. The Morgan fingerprint density at radius 3 is 2.19 bits per heavy atom. The van der Waals surface area contributed by atoms with Crippen LogP contribution >= 0.6 is 0 Å². The molecule has 0 saturated heterocycles. The second-order valence-electron chi connectivity index (χ2n) is 7.68. The van der Waals surface area contributed by atoms with Crippen molar-refractivity contribution in [2.75, 3.05) is 24.8 Å². The van der Waals surface area contributed by atoms with Crippen molar-refractivity contribution >= 4 is 21.4 Å². The van der Waals surface area contributed by atoms with Crippen LogP contribution in [0.25, 0.3) is 0 Å². The Hall–Kier alpha value is -3.03. The zero-order valence-corrected chi connectivity index (χ0v) is 17.9. The Morgan fingerprint density at radius 2 is 1.48 bits per heavy atom. The number of hydrogen-bond acceptors (Lipinski definition) is 5. The topological polar surface area (TPSA) is 67.9 Å². The Bertz CT molecular complexity index is 1160. The van der Waals surface area contributed by atoms with Crippen LogP contribution in [0.3, 0.4) is 0 Å². The molecule has 5 rings (SSSR count). The van der Waals surface area contributed by atoms with Gasteiger partial charge in [0.15, 0.2) is 11.5 Å². The van der Waals surface area contributed by atoms with Gasteiger partial charge in [-0.3, -0.25) is 0 Å². The van der Waals surface area contributed by atoms with Gasteiger partial charge in [0.2, 0.25) is 16.8 Å². The smallest absolute Gasteiger partial charge is 0.240 e. The van der Waals surface area contributed by atoms with Crippen LogP contribution in [0.2, 0.25) is 0 Å². The zero-order valence-electron chi connectivity index (χ0n) is 17.1. The highest BCUT2D eigenvalue weighted by molar-refractivity contribution is 7.89. The summed E-state index contributed by atoms with van der Waals surface area (Å²) in [7, 11) is -3.62. The van der Waals surface area contributed by atoms with Gasteiger partial charge < -0.3 is 14.4 Å². The molecule has 1 N–H and O–H groups in total. The highest BCUT2D eigenvalue weighted by Gasteiger charge is 2.22. The van der Waals surface area contributed by atoms with Crippen LogP contribution in [0.1, 0.15) is 17.5 Å². The first-order valence-electron chi connectivity index (χ1n) is 10.4. The summed E-state index contributed by atoms with van der Waals surface area (Å²) in [6, 6.07) is 21.6. The molecule has 7 heteroatoms. The van der Waals surface area contributed by atoms with Gasteiger partial charge >= 0.3 is 0 Å². The number of sulfonamides is 1. The van der Waals surface area contributed by atoms with Crippen LogP contribution in [-0.2, 0) is 22.9 Å². The molecular weight excluding hydrogens is 412 g/mol. The molecule has 0 amide bonds. The molecule has 0 spiro atoms. The summed E-state index contributed by atoms with van der Waals surface area (Å²) in [6.07, 6.45) is 2.67. The number of rotatable bonds is 6. The molecule has 3 aromatic rings. The van der Waals surface area contributed by atoms with Crippen molar-refractivity contribution in [2.24, 2.45) is 0 Å². The molecule has 0 fully saturated rings. The second kappa shape index (κ2) is 8.24. The fraction of sp³-hybridized carbons (Fsp3) is 0.250. The minimum Gasteiger partial charge on any atom is -0.454 e. The SMILES string of the molecule is O=S(=O)(NCCCN1c2ccccc2CCc2ccccc21)c1ccc2c(c1)OCO2. The number of hydrogen-bond donors (Lipinski definition) is 1. The largest absolute Gasteiger partial charge is 0.454 e. The minimum atomic E-state index is -3.62. The molecule has 6 nitrogen and oxygen atoms in total. The number of aryl methyl sites for hydroxylation is 2. The van der Waals surface area contributed by atoms with E-state index in [0.29, 0.717) is 24.5 Å². The van der Waals surface area contributed by atoms with Crippen molar-refractivity contribution in [3.8, 4) is 11.5 Å². The van der Waals surface area contributed by atoms with Crippen LogP contribution in [-0.4, -0.2) is 28.3 Å². The van der Waals surface area contributed by atoms with Gasteiger partial charge in [-0.05, 0) is 54.7 Å². The van der Waals surface area contributed by atoms with Gasteiger partial charge in [0, 0.05) is 30.5 Å². The van der Waals surface area contributed by atoms with E-state index in [1.54, 1.807) is 6.07 Å². The van der Waals surface area contributed by atoms with Crippen LogP contribution < -0.4 is 19.1 Å². The van der Waals surface area contributed by atoms with E-state index in [2.05, 4.69) is 58.2 Å². The van der Waals surface area contributed by atoms with Crippen molar-refractivity contribution < 1.29 is 17.9 Å². The molecule has 0 atom stereocenters. The lowest BCUT2D eigenvalue weighted by Crippen LogP contribution is -2.28. The monoisotopic (exact) mass is 436 g/mol. The fourth-order valence-electron chi connectivity index (χ4n) is 4.18. The molecule has 160 valence electrons. The van der Waals surface area contributed by atoms with E-state index in [1.807, 2.05) is 0 Å². The normalized spacial score (nSPS) is 14.6. The summed E-state index contributed by atoms with van der Waals surface area (Å²) in [4.78, 5) is 2.49. The summed E-state index contributed by atoms with van der Waals surface area (Å²) in [5, 5.41) is 0. The highest BCUT2D eigenvalue weighted by atomic mass is 32.2. The molecule has 31 heavy (non-hydrogen) atoms.